The van der Waals surface area contributed by atoms with Crippen molar-refractivity contribution in [3.63, 3.8) is 0 Å². The number of hydrogen-bond donors (Lipinski definition) is 2. The molecule has 0 saturated heterocycles. The highest BCUT2D eigenvalue weighted by Gasteiger charge is 2.25. The van der Waals surface area contributed by atoms with E-state index in [2.05, 4.69) is 6.92 Å². The molecule has 4 nitrogen and oxygen atoms in total. The molecule has 0 heterocycles. The number of aromatic hydroxyl groups is 1. The number of ether oxygens (including phenoxy) is 1. The van der Waals surface area contributed by atoms with Crippen LogP contribution in [0, 0.1) is 0 Å². The van der Waals surface area contributed by atoms with Crippen molar-refractivity contribution in [2.75, 3.05) is 6.61 Å². The minimum atomic E-state index is -1.13. The quantitative estimate of drug-likeness (QED) is 0.278. The Morgan fingerprint density at radius 1 is 0.812 bits per heavy atom. The van der Waals surface area contributed by atoms with Crippen LogP contribution in [0.2, 0.25) is 0 Å². The van der Waals surface area contributed by atoms with Crippen LogP contribution in [0.4, 0.5) is 0 Å². The minimum absolute atomic E-state index is 0.0768. The van der Waals surface area contributed by atoms with Crippen LogP contribution in [-0.2, 0) is 5.41 Å². The van der Waals surface area contributed by atoms with Gasteiger partial charge in [0.1, 0.15) is 17.1 Å². The van der Waals surface area contributed by atoms with Gasteiger partial charge in [0.15, 0.2) is 0 Å². The molecule has 0 atom stereocenters. The predicted molar refractivity (Wildman–Crippen MR) is 131 cm³/mol. The summed E-state index contributed by atoms with van der Waals surface area (Å²) in [5.74, 6) is -0.485. The van der Waals surface area contributed by atoms with E-state index in [0.717, 1.165) is 29.9 Å². The van der Waals surface area contributed by atoms with Crippen LogP contribution in [-0.4, -0.2) is 22.8 Å². The van der Waals surface area contributed by atoms with E-state index < -0.39 is 11.4 Å². The first-order chi connectivity index (χ1) is 15.4. The standard InChI is InChI=1S/C28H40O4/c1-4-5-6-7-8-9-10-11-12-13-20-32-24-17-14-22(15-18-24)28(2,3)23-16-19-26(29)25(21-23)27(30)31/h14-19,21,29H,4-13,20H2,1-3H3,(H,30,31). The monoisotopic (exact) mass is 440 g/mol. The lowest BCUT2D eigenvalue weighted by Crippen LogP contribution is -2.19. The maximum Gasteiger partial charge on any atom is 0.339 e. The Hall–Kier alpha value is -2.49. The van der Waals surface area contributed by atoms with Gasteiger partial charge in [0.25, 0.3) is 0 Å². The summed E-state index contributed by atoms with van der Waals surface area (Å²) in [5.41, 5.74) is 1.43. The number of benzene rings is 2. The Kier molecular flexibility index (Phi) is 10.6. The van der Waals surface area contributed by atoms with Gasteiger partial charge in [-0.1, -0.05) is 96.8 Å². The van der Waals surface area contributed by atoms with Crippen molar-refractivity contribution in [3.05, 3.63) is 59.2 Å². The van der Waals surface area contributed by atoms with Crippen molar-refractivity contribution in [2.45, 2.75) is 90.4 Å². The first kappa shape index (κ1) is 25.8. The van der Waals surface area contributed by atoms with E-state index in [9.17, 15) is 15.0 Å². The summed E-state index contributed by atoms with van der Waals surface area (Å²) in [6.45, 7) is 7.09. The molecule has 0 aliphatic rings. The molecule has 0 aliphatic heterocycles. The number of carbonyl (C=O) groups is 1. The second-order valence-electron chi connectivity index (χ2n) is 9.22. The topological polar surface area (TPSA) is 66.8 Å². The van der Waals surface area contributed by atoms with Crippen molar-refractivity contribution in [2.24, 2.45) is 0 Å². The van der Waals surface area contributed by atoms with Gasteiger partial charge < -0.3 is 14.9 Å². The number of phenols is 1. The van der Waals surface area contributed by atoms with Crippen LogP contribution in [0.25, 0.3) is 0 Å². The fraction of sp³-hybridized carbons (Fsp3) is 0.536. The third-order valence-electron chi connectivity index (χ3n) is 6.29. The molecule has 0 aromatic heterocycles. The molecule has 2 aromatic rings. The average Bonchev–Trinajstić information content (AvgIpc) is 2.77. The third kappa shape index (κ3) is 7.89. The fourth-order valence-corrected chi connectivity index (χ4v) is 4.01. The maximum absolute atomic E-state index is 11.4. The Bertz CT molecular complexity index is 824. The van der Waals surface area contributed by atoms with Gasteiger partial charge in [0.05, 0.1) is 6.61 Å². The number of rotatable bonds is 15. The molecular formula is C28H40O4. The largest absolute Gasteiger partial charge is 0.507 e. The van der Waals surface area contributed by atoms with Gasteiger partial charge in [0, 0.05) is 5.41 Å². The molecule has 0 saturated carbocycles. The zero-order valence-corrected chi connectivity index (χ0v) is 20.0. The number of carboxylic acids is 1. The smallest absolute Gasteiger partial charge is 0.339 e. The van der Waals surface area contributed by atoms with Gasteiger partial charge in [0.2, 0.25) is 0 Å². The fourth-order valence-electron chi connectivity index (χ4n) is 4.01. The van der Waals surface area contributed by atoms with Gasteiger partial charge in [-0.25, -0.2) is 4.79 Å². The van der Waals surface area contributed by atoms with Crippen molar-refractivity contribution in [1.29, 1.82) is 0 Å². The lowest BCUT2D eigenvalue weighted by atomic mass is 9.77. The predicted octanol–water partition coefficient (Wildman–Crippen LogP) is 7.72. The second kappa shape index (κ2) is 13.1. The van der Waals surface area contributed by atoms with Crippen LogP contribution in [0.1, 0.15) is 106 Å². The summed E-state index contributed by atoms with van der Waals surface area (Å²) in [5, 5.41) is 19.1. The van der Waals surface area contributed by atoms with E-state index in [1.165, 1.54) is 63.9 Å². The molecule has 0 unspecified atom stereocenters. The van der Waals surface area contributed by atoms with Crippen LogP contribution >= 0.6 is 0 Å². The van der Waals surface area contributed by atoms with E-state index in [0.29, 0.717) is 0 Å². The highest BCUT2D eigenvalue weighted by Crippen LogP contribution is 2.34. The molecule has 0 fully saturated rings. The molecule has 32 heavy (non-hydrogen) atoms. The lowest BCUT2D eigenvalue weighted by Gasteiger charge is -2.27. The second-order valence-corrected chi connectivity index (χ2v) is 9.22. The highest BCUT2D eigenvalue weighted by atomic mass is 16.5. The Morgan fingerprint density at radius 2 is 1.34 bits per heavy atom. The Labute approximate surface area is 193 Å². The number of aromatic carboxylic acids is 1. The SMILES string of the molecule is CCCCCCCCCCCCOc1ccc(C(C)(C)c2ccc(O)c(C(=O)O)c2)cc1. The maximum atomic E-state index is 11.4. The summed E-state index contributed by atoms with van der Waals surface area (Å²) in [6.07, 6.45) is 13.1. The summed E-state index contributed by atoms with van der Waals surface area (Å²) in [6, 6.07) is 12.8. The zero-order valence-electron chi connectivity index (χ0n) is 20.0. The summed E-state index contributed by atoms with van der Waals surface area (Å²) >= 11 is 0. The van der Waals surface area contributed by atoms with Gasteiger partial charge >= 0.3 is 5.97 Å². The number of hydrogen-bond acceptors (Lipinski definition) is 3. The van der Waals surface area contributed by atoms with Crippen LogP contribution in [0.3, 0.4) is 0 Å². The molecule has 0 amide bonds. The molecule has 0 radical (unpaired) electrons. The molecule has 2 aromatic carbocycles. The minimum Gasteiger partial charge on any atom is -0.507 e. The number of unbranched alkanes of at least 4 members (excludes halogenated alkanes) is 9. The van der Waals surface area contributed by atoms with Crippen LogP contribution in [0.15, 0.2) is 42.5 Å². The van der Waals surface area contributed by atoms with E-state index in [4.69, 9.17) is 4.74 Å². The third-order valence-corrected chi connectivity index (χ3v) is 6.29. The summed E-state index contributed by atoms with van der Waals surface area (Å²) in [7, 11) is 0. The Morgan fingerprint density at radius 3 is 1.91 bits per heavy atom. The van der Waals surface area contributed by atoms with E-state index in [-0.39, 0.29) is 11.3 Å². The van der Waals surface area contributed by atoms with E-state index in [1.54, 1.807) is 12.1 Å². The van der Waals surface area contributed by atoms with Gasteiger partial charge in [-0.05, 0) is 41.8 Å². The van der Waals surface area contributed by atoms with Crippen LogP contribution in [0.5, 0.6) is 11.5 Å². The summed E-state index contributed by atoms with van der Waals surface area (Å²) < 4.78 is 5.91. The molecule has 0 bridgehead atoms. The highest BCUT2D eigenvalue weighted by molar-refractivity contribution is 5.91. The molecule has 0 aliphatic carbocycles. The van der Waals surface area contributed by atoms with Crippen molar-refractivity contribution >= 4 is 5.97 Å². The first-order valence-electron chi connectivity index (χ1n) is 12.2. The van der Waals surface area contributed by atoms with E-state index in [1.807, 2.05) is 38.1 Å². The normalized spacial score (nSPS) is 11.5. The van der Waals surface area contributed by atoms with Crippen molar-refractivity contribution in [3.8, 4) is 11.5 Å². The van der Waals surface area contributed by atoms with Gasteiger partial charge in [-0.2, -0.15) is 0 Å². The molecule has 2 N–H and O–H groups in total. The first-order valence-corrected chi connectivity index (χ1v) is 12.2. The van der Waals surface area contributed by atoms with E-state index >= 15 is 0 Å². The molecular weight excluding hydrogens is 400 g/mol. The van der Waals surface area contributed by atoms with Crippen LogP contribution < -0.4 is 4.74 Å². The van der Waals surface area contributed by atoms with Gasteiger partial charge in [-0.3, -0.25) is 0 Å². The number of carboxylic acid groups (broad SMARTS) is 1. The summed E-state index contributed by atoms with van der Waals surface area (Å²) in [4.78, 5) is 11.4. The van der Waals surface area contributed by atoms with Crippen molar-refractivity contribution in [1.82, 2.24) is 0 Å². The molecule has 176 valence electrons. The van der Waals surface area contributed by atoms with Crippen molar-refractivity contribution < 1.29 is 19.7 Å². The lowest BCUT2D eigenvalue weighted by molar-refractivity contribution is 0.0693. The molecule has 4 heteroatoms. The van der Waals surface area contributed by atoms with Gasteiger partial charge in [-0.15, -0.1) is 0 Å². The average molecular weight is 441 g/mol. The molecule has 2 rings (SSSR count). The Balaban J connectivity index is 1.76. The zero-order chi connectivity index (χ0) is 23.4. The molecule has 0 spiro atoms.